The molecule has 0 aromatic carbocycles. The molecule has 2 heterocycles. The summed E-state index contributed by atoms with van der Waals surface area (Å²) >= 11 is 0. The summed E-state index contributed by atoms with van der Waals surface area (Å²) in [5.74, 6) is -5.13. The Kier molecular flexibility index (Phi) is 17.6. The third kappa shape index (κ3) is 12.8. The van der Waals surface area contributed by atoms with Crippen molar-refractivity contribution in [3.8, 4) is 0 Å². The highest BCUT2D eigenvalue weighted by Crippen LogP contribution is 2.22. The number of guanidine groups is 2. The lowest BCUT2D eigenvalue weighted by Gasteiger charge is -2.34. The minimum atomic E-state index is -1.47. The number of nitrogens with one attached hydrogen (secondary N) is 5. The second-order valence-electron chi connectivity index (χ2n) is 13.7. The van der Waals surface area contributed by atoms with Crippen LogP contribution in [-0.2, 0) is 28.8 Å². The molecule has 2 aliphatic rings. The van der Waals surface area contributed by atoms with E-state index in [1.165, 1.54) is 11.8 Å². The quantitative estimate of drug-likeness (QED) is 0.0516. The first-order chi connectivity index (χ1) is 24.5. The van der Waals surface area contributed by atoms with Gasteiger partial charge in [0, 0.05) is 19.6 Å². The van der Waals surface area contributed by atoms with Gasteiger partial charge in [0.15, 0.2) is 11.9 Å². The van der Waals surface area contributed by atoms with Crippen molar-refractivity contribution in [3.63, 3.8) is 0 Å². The number of nitrogens with zero attached hydrogens (tertiary/aromatic N) is 3. The summed E-state index contributed by atoms with van der Waals surface area (Å²) in [5, 5.41) is 24.1. The Labute approximate surface area is 305 Å². The molecule has 0 saturated carbocycles. The van der Waals surface area contributed by atoms with E-state index in [1.54, 1.807) is 13.8 Å². The van der Waals surface area contributed by atoms with Crippen LogP contribution in [0.15, 0.2) is 9.98 Å². The highest BCUT2D eigenvalue weighted by atomic mass is 16.3. The zero-order valence-corrected chi connectivity index (χ0v) is 31.0. The highest BCUT2D eigenvalue weighted by molar-refractivity contribution is 5.98. The van der Waals surface area contributed by atoms with Crippen LogP contribution in [0.4, 0.5) is 0 Å². The standard InChI is InChI=1S/C33H60N12O7/c1-6-17(3)23-29(50)41-20(11-8-14-38-32(34)35)26(47)40-21(12-9-15-39-33(36)37)27(48)43-24(18(4)7-2)31(52)45-16-10-13-22(45)28(49)44-25(19(5)46)30(51)42-23/h17-25,46H,6-16H2,1-5H3,(H,40,47)(H,41,50)(H,42,51)(H,43,48)(H,44,49)(H4,34,35,38)(H4,36,37,39)/t17-,18-,19+,20+,21-,22+,23-,24-,25-/m0/s1. The van der Waals surface area contributed by atoms with Crippen molar-refractivity contribution in [2.24, 2.45) is 44.8 Å². The molecule has 2 aliphatic heterocycles. The predicted octanol–water partition coefficient (Wildman–Crippen LogP) is -3.00. The minimum absolute atomic E-state index is 0.0501. The first kappa shape index (κ1) is 43.5. The molecule has 19 heteroatoms. The van der Waals surface area contributed by atoms with Gasteiger partial charge in [-0.2, -0.15) is 0 Å². The van der Waals surface area contributed by atoms with Crippen LogP contribution in [0.5, 0.6) is 0 Å². The number of hydrogen-bond donors (Lipinski definition) is 10. The van der Waals surface area contributed by atoms with Gasteiger partial charge in [0.25, 0.3) is 0 Å². The Balaban J connectivity index is 2.66. The maximum Gasteiger partial charge on any atom is 0.246 e. The van der Waals surface area contributed by atoms with Crippen LogP contribution in [-0.4, -0.2) is 119 Å². The van der Waals surface area contributed by atoms with Gasteiger partial charge in [-0.3, -0.25) is 38.8 Å². The van der Waals surface area contributed by atoms with Gasteiger partial charge in [-0.25, -0.2) is 0 Å². The van der Waals surface area contributed by atoms with E-state index in [0.717, 1.165) is 0 Å². The number of amides is 6. The molecule has 14 N–H and O–H groups in total. The van der Waals surface area contributed by atoms with Crippen LogP contribution in [0.1, 0.15) is 86.0 Å². The third-order valence-electron chi connectivity index (χ3n) is 9.63. The maximum absolute atomic E-state index is 14.1. The lowest BCUT2D eigenvalue weighted by Crippen LogP contribution is -2.63. The number of nitrogens with two attached hydrogens (primary N) is 4. The van der Waals surface area contributed by atoms with E-state index < -0.39 is 83.7 Å². The lowest BCUT2D eigenvalue weighted by atomic mass is 9.96. The Bertz CT molecular complexity index is 1320. The first-order valence-corrected chi connectivity index (χ1v) is 18.1. The summed E-state index contributed by atoms with van der Waals surface area (Å²) in [6.07, 6.45) is 1.01. The van der Waals surface area contributed by atoms with Crippen LogP contribution in [0.25, 0.3) is 0 Å². The van der Waals surface area contributed by atoms with Gasteiger partial charge in [-0.1, -0.05) is 40.5 Å². The monoisotopic (exact) mass is 736 g/mol. The summed E-state index contributed by atoms with van der Waals surface area (Å²) in [6, 6.07) is -7.07. The molecule has 0 unspecified atom stereocenters. The summed E-state index contributed by atoms with van der Waals surface area (Å²) < 4.78 is 0. The molecule has 9 atom stereocenters. The Morgan fingerprint density at radius 1 is 0.692 bits per heavy atom. The first-order valence-electron chi connectivity index (χ1n) is 18.1. The van der Waals surface area contributed by atoms with Crippen LogP contribution in [0.3, 0.4) is 0 Å². The summed E-state index contributed by atoms with van der Waals surface area (Å²) in [6.45, 7) is 9.03. The zero-order chi connectivity index (χ0) is 39.1. The third-order valence-corrected chi connectivity index (χ3v) is 9.63. The molecule has 0 aromatic rings. The second-order valence-corrected chi connectivity index (χ2v) is 13.7. The number of carbonyl (C=O) groups is 6. The molecule has 0 aliphatic carbocycles. The van der Waals surface area contributed by atoms with Crippen molar-refractivity contribution < 1.29 is 33.9 Å². The fourth-order valence-corrected chi connectivity index (χ4v) is 6.10. The van der Waals surface area contributed by atoms with Crippen molar-refractivity contribution in [1.29, 1.82) is 0 Å². The van der Waals surface area contributed by atoms with Crippen molar-refractivity contribution in [1.82, 2.24) is 31.5 Å². The van der Waals surface area contributed by atoms with E-state index in [0.29, 0.717) is 25.7 Å². The van der Waals surface area contributed by atoms with E-state index in [-0.39, 0.29) is 63.2 Å². The molecule has 0 spiro atoms. The average molecular weight is 737 g/mol. The number of fused-ring (bicyclic) bond motifs is 1. The van der Waals surface area contributed by atoms with Gasteiger partial charge in [0.2, 0.25) is 35.4 Å². The average Bonchev–Trinajstić information content (AvgIpc) is 3.59. The number of carbonyl (C=O) groups excluding carboxylic acids is 6. The molecule has 2 rings (SSSR count). The van der Waals surface area contributed by atoms with Gasteiger partial charge in [-0.05, 0) is 57.3 Å². The van der Waals surface area contributed by atoms with Gasteiger partial charge in [0.05, 0.1) is 6.10 Å². The molecular weight excluding hydrogens is 676 g/mol. The Morgan fingerprint density at radius 2 is 1.13 bits per heavy atom. The van der Waals surface area contributed by atoms with Crippen molar-refractivity contribution >= 4 is 47.4 Å². The number of rotatable bonds is 13. The highest BCUT2D eigenvalue weighted by Gasteiger charge is 2.42. The maximum atomic E-state index is 14.1. The van der Waals surface area contributed by atoms with Gasteiger partial charge < -0.3 is 59.5 Å². The summed E-state index contributed by atoms with van der Waals surface area (Å²) in [4.78, 5) is 92.5. The Morgan fingerprint density at radius 3 is 1.63 bits per heavy atom. The molecule has 0 radical (unpaired) electrons. The van der Waals surface area contributed by atoms with Crippen molar-refractivity contribution in [2.45, 2.75) is 128 Å². The van der Waals surface area contributed by atoms with E-state index in [4.69, 9.17) is 22.9 Å². The number of aliphatic imine (C=N–C) groups is 2. The van der Waals surface area contributed by atoms with Crippen LogP contribution >= 0.6 is 0 Å². The van der Waals surface area contributed by atoms with Crippen LogP contribution in [0.2, 0.25) is 0 Å². The predicted molar refractivity (Wildman–Crippen MR) is 195 cm³/mol. The van der Waals surface area contributed by atoms with Crippen molar-refractivity contribution in [3.05, 3.63) is 0 Å². The van der Waals surface area contributed by atoms with Gasteiger partial charge in [0.1, 0.15) is 36.3 Å². The molecule has 294 valence electrons. The largest absolute Gasteiger partial charge is 0.391 e. The fraction of sp³-hybridized carbons (Fsp3) is 0.758. The normalized spacial score (nSPS) is 26.9. The van der Waals surface area contributed by atoms with E-state index >= 15 is 0 Å². The summed E-state index contributed by atoms with van der Waals surface area (Å²) in [5.41, 5.74) is 21.9. The van der Waals surface area contributed by atoms with Crippen LogP contribution < -0.4 is 49.5 Å². The fourth-order valence-electron chi connectivity index (χ4n) is 6.10. The number of hydrogen-bond acceptors (Lipinski definition) is 9. The lowest BCUT2D eigenvalue weighted by molar-refractivity contribution is -0.144. The molecule has 2 saturated heterocycles. The molecule has 2 fully saturated rings. The Hall–Kier alpha value is -4.68. The van der Waals surface area contributed by atoms with E-state index in [9.17, 15) is 33.9 Å². The molecule has 6 amide bonds. The minimum Gasteiger partial charge on any atom is -0.391 e. The second kappa shape index (κ2) is 21.0. The number of aliphatic hydroxyl groups excluding tert-OH is 1. The van der Waals surface area contributed by atoms with Crippen molar-refractivity contribution in [2.75, 3.05) is 19.6 Å². The topological polar surface area (TPSA) is 315 Å². The van der Waals surface area contributed by atoms with E-state index in [2.05, 4.69) is 36.6 Å². The molecule has 19 nitrogen and oxygen atoms in total. The van der Waals surface area contributed by atoms with Gasteiger partial charge in [-0.15, -0.1) is 0 Å². The van der Waals surface area contributed by atoms with Crippen LogP contribution in [0, 0.1) is 11.8 Å². The molecule has 0 bridgehead atoms. The number of aliphatic hydroxyl groups is 1. The molecular formula is C33H60N12O7. The molecule has 52 heavy (non-hydrogen) atoms. The smallest absolute Gasteiger partial charge is 0.246 e. The van der Waals surface area contributed by atoms with E-state index in [1.807, 2.05) is 13.8 Å². The SMILES string of the molecule is CC[C@H](C)[C@@H]1NC(=O)[C@H]([C@@H](C)O)NC(=O)[C@H]2CCCN2C(=O)[C@H]([C@@H](C)CC)NC(=O)[C@H](CCCN=C(N)N)NC(=O)[C@@H](CCCN=C(N)N)NC1=O. The summed E-state index contributed by atoms with van der Waals surface area (Å²) in [7, 11) is 0. The molecule has 0 aromatic heterocycles. The zero-order valence-electron chi connectivity index (χ0n) is 31.0. The van der Waals surface area contributed by atoms with Gasteiger partial charge >= 0.3 is 0 Å².